The molecule has 19 heavy (non-hydrogen) atoms. The number of piperidine rings is 1. The molecule has 0 aromatic rings. The first-order valence-electron chi connectivity index (χ1n) is 7.44. The summed E-state index contributed by atoms with van der Waals surface area (Å²) in [6.07, 6.45) is 6.50. The SMILES string of the molecule is CCCCN1CCCCC1CN=C(N)NC(C)C.I. The fraction of sp³-hybridized carbons (Fsp3) is 0.929. The molecule has 1 atom stereocenters. The second-order valence-electron chi connectivity index (χ2n) is 5.56. The zero-order valence-electron chi connectivity index (χ0n) is 12.7. The van der Waals surface area contributed by atoms with E-state index in [0.717, 1.165) is 6.54 Å². The Morgan fingerprint density at radius 2 is 2.16 bits per heavy atom. The first kappa shape index (κ1) is 19.0. The smallest absolute Gasteiger partial charge is 0.188 e. The number of rotatable bonds is 6. The van der Waals surface area contributed by atoms with Crippen LogP contribution in [0.2, 0.25) is 0 Å². The fourth-order valence-corrected chi connectivity index (χ4v) is 2.47. The molecule has 0 bridgehead atoms. The molecule has 0 spiro atoms. The summed E-state index contributed by atoms with van der Waals surface area (Å²) in [6, 6.07) is 0.953. The molecular weight excluding hydrogens is 351 g/mol. The largest absolute Gasteiger partial charge is 0.370 e. The van der Waals surface area contributed by atoms with Crippen LogP contribution in [0.15, 0.2) is 4.99 Å². The Bertz CT molecular complexity index is 256. The van der Waals surface area contributed by atoms with Gasteiger partial charge < -0.3 is 11.1 Å². The Morgan fingerprint density at radius 1 is 1.42 bits per heavy atom. The number of unbranched alkanes of at least 4 members (excludes halogenated alkanes) is 1. The molecule has 1 aliphatic heterocycles. The molecule has 0 aromatic heterocycles. The minimum atomic E-state index is 0. The molecule has 4 nitrogen and oxygen atoms in total. The molecule has 0 radical (unpaired) electrons. The summed E-state index contributed by atoms with van der Waals surface area (Å²) in [7, 11) is 0. The van der Waals surface area contributed by atoms with Gasteiger partial charge in [0.1, 0.15) is 0 Å². The normalized spacial score (nSPS) is 21.3. The molecule has 1 fully saturated rings. The standard InChI is InChI=1S/C14H30N4.HI/c1-4-5-9-18-10-7-6-8-13(18)11-16-14(15)17-12(2)3;/h12-13H,4-11H2,1-3H3,(H3,15,16,17);1H. The molecule has 1 saturated heterocycles. The molecule has 0 aromatic carbocycles. The molecule has 0 aliphatic carbocycles. The van der Waals surface area contributed by atoms with Crippen LogP contribution in [0.4, 0.5) is 0 Å². The van der Waals surface area contributed by atoms with Gasteiger partial charge in [-0.25, -0.2) is 0 Å². The van der Waals surface area contributed by atoms with Crippen molar-refractivity contribution >= 4 is 29.9 Å². The van der Waals surface area contributed by atoms with Gasteiger partial charge in [-0.15, -0.1) is 24.0 Å². The minimum absolute atomic E-state index is 0. The van der Waals surface area contributed by atoms with E-state index in [1.807, 2.05) is 0 Å². The average Bonchev–Trinajstić information content (AvgIpc) is 2.34. The van der Waals surface area contributed by atoms with Crippen molar-refractivity contribution in [3.05, 3.63) is 0 Å². The van der Waals surface area contributed by atoms with Gasteiger partial charge in [-0.05, 0) is 46.2 Å². The summed E-state index contributed by atoms with van der Waals surface area (Å²) >= 11 is 0. The van der Waals surface area contributed by atoms with E-state index in [1.165, 1.54) is 45.2 Å². The summed E-state index contributed by atoms with van der Waals surface area (Å²) in [6.45, 7) is 9.70. The van der Waals surface area contributed by atoms with Crippen LogP contribution in [0.3, 0.4) is 0 Å². The van der Waals surface area contributed by atoms with Gasteiger partial charge in [0.05, 0.1) is 6.54 Å². The van der Waals surface area contributed by atoms with Gasteiger partial charge in [0.15, 0.2) is 5.96 Å². The van der Waals surface area contributed by atoms with Crippen molar-refractivity contribution in [1.29, 1.82) is 0 Å². The fourth-order valence-electron chi connectivity index (χ4n) is 2.47. The van der Waals surface area contributed by atoms with Crippen LogP contribution in [-0.2, 0) is 0 Å². The molecule has 0 saturated carbocycles. The first-order chi connectivity index (χ1) is 8.63. The van der Waals surface area contributed by atoms with Gasteiger partial charge in [-0.3, -0.25) is 9.89 Å². The average molecular weight is 382 g/mol. The van der Waals surface area contributed by atoms with Crippen molar-refractivity contribution in [3.8, 4) is 0 Å². The maximum Gasteiger partial charge on any atom is 0.188 e. The van der Waals surface area contributed by atoms with Crippen LogP contribution < -0.4 is 11.1 Å². The quantitative estimate of drug-likeness (QED) is 0.422. The van der Waals surface area contributed by atoms with Gasteiger partial charge in [0.25, 0.3) is 0 Å². The van der Waals surface area contributed by atoms with Gasteiger partial charge in [0, 0.05) is 12.1 Å². The lowest BCUT2D eigenvalue weighted by atomic mass is 10.0. The summed E-state index contributed by atoms with van der Waals surface area (Å²) < 4.78 is 0. The van der Waals surface area contributed by atoms with Crippen molar-refractivity contribution < 1.29 is 0 Å². The molecule has 1 heterocycles. The number of hydrogen-bond acceptors (Lipinski definition) is 2. The molecule has 0 amide bonds. The van der Waals surface area contributed by atoms with Crippen LogP contribution in [0.1, 0.15) is 52.9 Å². The zero-order valence-corrected chi connectivity index (χ0v) is 15.0. The Labute approximate surface area is 135 Å². The molecule has 1 unspecified atom stereocenters. The molecule has 114 valence electrons. The summed E-state index contributed by atoms with van der Waals surface area (Å²) in [5.74, 6) is 0.589. The van der Waals surface area contributed by atoms with E-state index in [9.17, 15) is 0 Å². The number of guanidine groups is 1. The van der Waals surface area contributed by atoms with Gasteiger partial charge in [-0.1, -0.05) is 19.8 Å². The minimum Gasteiger partial charge on any atom is -0.370 e. The van der Waals surface area contributed by atoms with Crippen LogP contribution in [0.5, 0.6) is 0 Å². The van der Waals surface area contributed by atoms with Crippen molar-refractivity contribution in [2.45, 2.75) is 65.0 Å². The monoisotopic (exact) mass is 382 g/mol. The summed E-state index contributed by atoms with van der Waals surface area (Å²) in [5, 5.41) is 3.15. The van der Waals surface area contributed by atoms with Crippen molar-refractivity contribution in [2.24, 2.45) is 10.7 Å². The highest BCUT2D eigenvalue weighted by Gasteiger charge is 2.21. The molecular formula is C14H31IN4. The number of hydrogen-bond donors (Lipinski definition) is 2. The van der Waals surface area contributed by atoms with E-state index in [4.69, 9.17) is 5.73 Å². The van der Waals surface area contributed by atoms with Gasteiger partial charge in [0.2, 0.25) is 0 Å². The number of nitrogens with two attached hydrogens (primary N) is 1. The molecule has 3 N–H and O–H groups in total. The topological polar surface area (TPSA) is 53.6 Å². The Morgan fingerprint density at radius 3 is 2.79 bits per heavy atom. The second-order valence-corrected chi connectivity index (χ2v) is 5.56. The van der Waals surface area contributed by atoms with Crippen LogP contribution in [-0.4, -0.2) is 42.6 Å². The van der Waals surface area contributed by atoms with Crippen LogP contribution >= 0.6 is 24.0 Å². The Kier molecular flexibility index (Phi) is 10.7. The first-order valence-corrected chi connectivity index (χ1v) is 7.44. The van der Waals surface area contributed by atoms with E-state index < -0.39 is 0 Å². The van der Waals surface area contributed by atoms with Gasteiger partial charge in [-0.2, -0.15) is 0 Å². The molecule has 1 rings (SSSR count). The number of halogens is 1. The highest BCUT2D eigenvalue weighted by Crippen LogP contribution is 2.17. The van der Waals surface area contributed by atoms with E-state index in [1.54, 1.807) is 0 Å². The Balaban J connectivity index is 0.00000324. The van der Waals surface area contributed by atoms with Gasteiger partial charge >= 0.3 is 0 Å². The molecule has 1 aliphatic rings. The molecule has 5 heteroatoms. The van der Waals surface area contributed by atoms with E-state index >= 15 is 0 Å². The second kappa shape index (κ2) is 10.7. The lowest BCUT2D eigenvalue weighted by molar-refractivity contribution is 0.151. The lowest BCUT2D eigenvalue weighted by Crippen LogP contribution is -2.43. The Hall–Kier alpha value is -0.0400. The van der Waals surface area contributed by atoms with Crippen LogP contribution in [0.25, 0.3) is 0 Å². The number of nitrogens with zero attached hydrogens (tertiary/aromatic N) is 2. The predicted molar refractivity (Wildman–Crippen MR) is 94.3 cm³/mol. The van der Waals surface area contributed by atoms with E-state index in [0.29, 0.717) is 18.0 Å². The van der Waals surface area contributed by atoms with Crippen molar-refractivity contribution in [1.82, 2.24) is 10.2 Å². The third-order valence-electron chi connectivity index (χ3n) is 3.46. The van der Waals surface area contributed by atoms with E-state index in [-0.39, 0.29) is 24.0 Å². The van der Waals surface area contributed by atoms with Crippen LogP contribution in [0, 0.1) is 0 Å². The van der Waals surface area contributed by atoms with Crippen molar-refractivity contribution in [2.75, 3.05) is 19.6 Å². The predicted octanol–water partition coefficient (Wildman–Crippen LogP) is 2.57. The lowest BCUT2D eigenvalue weighted by Gasteiger charge is -2.34. The number of aliphatic imine (C=N–C) groups is 1. The number of likely N-dealkylation sites (tertiary alicyclic amines) is 1. The maximum atomic E-state index is 5.86. The highest BCUT2D eigenvalue weighted by atomic mass is 127. The highest BCUT2D eigenvalue weighted by molar-refractivity contribution is 14.0. The number of nitrogens with one attached hydrogen (secondary N) is 1. The van der Waals surface area contributed by atoms with E-state index in [2.05, 4.69) is 36.0 Å². The summed E-state index contributed by atoms with van der Waals surface area (Å²) in [4.78, 5) is 7.08. The third-order valence-corrected chi connectivity index (χ3v) is 3.46. The summed E-state index contributed by atoms with van der Waals surface area (Å²) in [5.41, 5.74) is 5.86. The zero-order chi connectivity index (χ0) is 13.4. The van der Waals surface area contributed by atoms with Crippen molar-refractivity contribution in [3.63, 3.8) is 0 Å². The maximum absolute atomic E-state index is 5.86. The third kappa shape index (κ3) is 7.97.